The number of hydrogen-bond donors (Lipinski definition) is 14. The first-order chi connectivity index (χ1) is 44.9. The van der Waals surface area contributed by atoms with E-state index in [0.29, 0.717) is 19.4 Å². The molecule has 0 aliphatic carbocycles. The molecule has 93 heavy (non-hydrogen) atoms. The van der Waals surface area contributed by atoms with E-state index in [9.17, 15) is 69.9 Å². The van der Waals surface area contributed by atoms with Crippen molar-refractivity contribution in [1.29, 1.82) is 0 Å². The lowest BCUT2D eigenvalue weighted by molar-refractivity contribution is -0.258. The number of hydrogen-bond acceptors (Lipinski definition) is 28. The van der Waals surface area contributed by atoms with Gasteiger partial charge in [-0.1, -0.05) is 12.1 Å². The summed E-state index contributed by atoms with van der Waals surface area (Å²) in [6.07, 6.45) is -12.1. The molecule has 12 atom stereocenters. The third-order valence-corrected chi connectivity index (χ3v) is 15.1. The zero-order chi connectivity index (χ0) is 67.5. The summed E-state index contributed by atoms with van der Waals surface area (Å²) in [4.78, 5) is 64.7. The Morgan fingerprint density at radius 2 is 0.710 bits per heavy atom. The highest BCUT2D eigenvalue weighted by atomic mass is 127. The Bertz CT molecular complexity index is 2030. The van der Waals surface area contributed by atoms with Crippen LogP contribution in [-0.4, -0.2) is 326 Å². The zero-order valence-electron chi connectivity index (χ0n) is 52.6. The number of carbonyl (C=O) groups excluding carboxylic acids is 5. The van der Waals surface area contributed by atoms with Crippen LogP contribution in [0.4, 0.5) is 0 Å². The average molecular weight is 1450 g/mol. The maximum atomic E-state index is 13.7. The van der Waals surface area contributed by atoms with E-state index in [0.717, 1.165) is 9.13 Å². The molecule has 14 N–H and O–H groups in total. The van der Waals surface area contributed by atoms with E-state index in [2.05, 4.69) is 49.2 Å². The summed E-state index contributed by atoms with van der Waals surface area (Å²) in [5.41, 5.74) is -0.385. The molecule has 33 nitrogen and oxygen atoms in total. The van der Waals surface area contributed by atoms with Crippen LogP contribution >= 0.6 is 22.6 Å². The van der Waals surface area contributed by atoms with Crippen molar-refractivity contribution in [2.75, 3.05) is 172 Å². The number of rotatable bonds is 52. The first-order valence-corrected chi connectivity index (χ1v) is 32.5. The molecule has 0 unspecified atom stereocenters. The van der Waals surface area contributed by atoms with Crippen molar-refractivity contribution < 1.29 is 136 Å². The van der Waals surface area contributed by atoms with Crippen molar-refractivity contribution in [3.63, 3.8) is 0 Å². The predicted molar refractivity (Wildman–Crippen MR) is 330 cm³/mol. The van der Waals surface area contributed by atoms with Gasteiger partial charge in [0.2, 0.25) is 29.5 Å². The van der Waals surface area contributed by atoms with Crippen LogP contribution in [0.3, 0.4) is 0 Å². The largest absolute Gasteiger partial charge is 0.394 e. The highest BCUT2D eigenvalue weighted by molar-refractivity contribution is 14.1. The van der Waals surface area contributed by atoms with E-state index in [1.54, 1.807) is 0 Å². The molecule has 3 aliphatic heterocycles. The number of benzene rings is 1. The van der Waals surface area contributed by atoms with E-state index in [1.165, 1.54) is 0 Å². The van der Waals surface area contributed by atoms with E-state index >= 15 is 0 Å². The molecule has 4 rings (SSSR count). The van der Waals surface area contributed by atoms with Crippen molar-refractivity contribution in [2.24, 2.45) is 0 Å². The molecule has 0 saturated carbocycles. The van der Waals surface area contributed by atoms with Gasteiger partial charge < -0.3 is 139 Å². The Balaban J connectivity index is 1.26. The molecule has 34 heteroatoms. The first-order valence-electron chi connectivity index (χ1n) is 31.4. The number of nitrogens with one attached hydrogen (secondary N) is 5. The Labute approximate surface area is 554 Å². The van der Waals surface area contributed by atoms with Crippen molar-refractivity contribution in [3.8, 4) is 0 Å². The minimum atomic E-state index is -1.45. The lowest BCUT2D eigenvalue weighted by Gasteiger charge is -2.36. The number of amides is 5. The molecule has 536 valence electrons. The fourth-order valence-electron chi connectivity index (χ4n) is 9.23. The minimum Gasteiger partial charge on any atom is -0.394 e. The Hall–Kier alpha value is -3.62. The topological polar surface area (TPSA) is 457 Å². The third kappa shape index (κ3) is 35.5. The smallest absolute Gasteiger partial charge is 0.222 e. The first kappa shape index (κ1) is 81.8. The molecule has 0 spiro atoms. The monoisotopic (exact) mass is 1450 g/mol. The summed E-state index contributed by atoms with van der Waals surface area (Å²) in [5, 5.41) is 102. The van der Waals surface area contributed by atoms with Crippen LogP contribution in [0.25, 0.3) is 0 Å². The number of ether oxygens (including phenoxy) is 14. The van der Waals surface area contributed by atoms with Gasteiger partial charge in [-0.3, -0.25) is 24.0 Å². The van der Waals surface area contributed by atoms with Gasteiger partial charge in [0.25, 0.3) is 0 Å². The van der Waals surface area contributed by atoms with Crippen molar-refractivity contribution in [1.82, 2.24) is 26.6 Å². The summed E-state index contributed by atoms with van der Waals surface area (Å²) >= 11 is 2.22. The van der Waals surface area contributed by atoms with Crippen molar-refractivity contribution in [2.45, 2.75) is 137 Å². The van der Waals surface area contributed by atoms with E-state index < -0.39 is 105 Å². The Kier molecular flexibility index (Phi) is 43.1. The maximum absolute atomic E-state index is 13.7. The van der Waals surface area contributed by atoms with Gasteiger partial charge in [-0.2, -0.15) is 0 Å². The van der Waals surface area contributed by atoms with Crippen LogP contribution < -0.4 is 26.6 Å². The molecule has 0 radical (unpaired) electrons. The second-order valence-corrected chi connectivity index (χ2v) is 23.2. The summed E-state index contributed by atoms with van der Waals surface area (Å²) in [5.74, 6) is -1.75. The molecule has 1 aromatic rings. The van der Waals surface area contributed by atoms with Gasteiger partial charge in [-0.25, -0.2) is 0 Å². The second kappa shape index (κ2) is 49.0. The number of aryl methyl sites for hydroxylation is 1. The van der Waals surface area contributed by atoms with Crippen LogP contribution in [0.15, 0.2) is 24.3 Å². The molecule has 0 aromatic heterocycles. The molecule has 3 heterocycles. The van der Waals surface area contributed by atoms with Gasteiger partial charge in [-0.05, 0) is 46.7 Å². The normalized spacial score (nSPS) is 24.1. The Morgan fingerprint density at radius 3 is 1.05 bits per heavy atom. The number of carbonyl (C=O) groups is 5. The molecular formula is C59H100IN5O28. The fraction of sp³-hybridized carbons (Fsp3) is 0.814. The third-order valence-electron chi connectivity index (χ3n) is 14.4. The van der Waals surface area contributed by atoms with E-state index in [-0.39, 0.29) is 214 Å². The van der Waals surface area contributed by atoms with Crippen LogP contribution in [0.1, 0.15) is 56.9 Å². The van der Waals surface area contributed by atoms with Crippen LogP contribution in [-0.2, 0) is 96.7 Å². The minimum absolute atomic E-state index is 0.00720. The highest BCUT2D eigenvalue weighted by Crippen LogP contribution is 2.24. The van der Waals surface area contributed by atoms with Crippen LogP contribution in [0, 0.1) is 3.57 Å². The maximum Gasteiger partial charge on any atom is 0.222 e. The lowest BCUT2D eigenvalue weighted by atomic mass is 10.0. The fourth-order valence-corrected chi connectivity index (χ4v) is 9.59. The van der Waals surface area contributed by atoms with Crippen molar-refractivity contribution >= 4 is 52.1 Å². The van der Waals surface area contributed by atoms with Gasteiger partial charge >= 0.3 is 0 Å². The quantitative estimate of drug-likeness (QED) is 0.0214. The molecule has 0 bridgehead atoms. The number of aliphatic hydroxyl groups excluding tert-OH is 9. The number of halogens is 1. The summed E-state index contributed by atoms with van der Waals surface area (Å²) in [6, 6.07) is 7.95. The Morgan fingerprint density at radius 1 is 0.409 bits per heavy atom. The molecule has 1 aromatic carbocycles. The van der Waals surface area contributed by atoms with Gasteiger partial charge in [0.15, 0.2) is 18.9 Å². The van der Waals surface area contributed by atoms with Gasteiger partial charge in [0.1, 0.15) is 42.2 Å². The molecular weight excluding hydrogens is 1350 g/mol. The highest BCUT2D eigenvalue weighted by Gasteiger charge is 2.39. The van der Waals surface area contributed by atoms with E-state index in [4.69, 9.17) is 66.3 Å². The van der Waals surface area contributed by atoms with Gasteiger partial charge in [0, 0.05) is 81.1 Å². The van der Waals surface area contributed by atoms with E-state index in [1.807, 2.05) is 24.3 Å². The molecule has 3 fully saturated rings. The zero-order valence-corrected chi connectivity index (χ0v) is 54.8. The summed E-state index contributed by atoms with van der Waals surface area (Å²) in [7, 11) is 0. The molecule has 5 amide bonds. The average Bonchev–Trinajstić information content (AvgIpc) is 1.12. The second-order valence-electron chi connectivity index (χ2n) is 21.9. The lowest BCUT2D eigenvalue weighted by Crippen LogP contribution is -2.59. The van der Waals surface area contributed by atoms with Crippen molar-refractivity contribution in [3.05, 3.63) is 33.4 Å². The predicted octanol–water partition coefficient (Wildman–Crippen LogP) is -5.23. The standard InChI is InChI=1S/C59H100IN5O28/c60-41-4-1-40(2-5-41)3-6-48(72)61-11-19-81-24-23-80-15-10-52(76)65-59(37-85-16-7-49(73)62-12-20-82-25-28-88-53-31-42(69)56(77)45(34-66)91-53,38-86-17-8-50(74)63-13-21-83-26-29-89-54-32-43(70)57(78)46(35-67)92-54)39-87-18-9-51(75)64-14-22-84-27-30-90-55-33-44(71)58(79)47(36-68)93-55/h1-2,4-5,42-47,53-58,66-71,77-79H,3,6-39H2,(H,61,72)(H,62,73)(H,63,74)(H,64,75)(H,65,76)/t42-,43-,44-,45-,46-,47-,53-,54-,55-,56-,57-,58-/m1/s1. The molecule has 3 aliphatic rings. The SMILES string of the molecule is O=C(CCOCC(COCCC(=O)NCCOCCO[C@H]1C[C@@H](O)[C@@H](O)[C@@H](CO)O1)(COCCC(=O)NCCOCCO[C@H]1C[C@@H](O)[C@@H](O)[C@@H](CO)O1)NC(=O)CCOCCOCCNC(=O)CCc1ccc(I)cc1)NCCOCCO[C@H]1C[C@@H](O)[C@@H](O)[C@@H](CO)O1. The van der Waals surface area contributed by atoms with Crippen LogP contribution in [0.2, 0.25) is 0 Å². The number of aliphatic hydroxyl groups is 9. The van der Waals surface area contributed by atoms with Crippen LogP contribution in [0.5, 0.6) is 0 Å². The summed E-state index contributed by atoms with van der Waals surface area (Å²) in [6.45, 7) is -0.456. The van der Waals surface area contributed by atoms with Gasteiger partial charge in [0.05, 0.1) is 164 Å². The summed E-state index contributed by atoms with van der Waals surface area (Å²) < 4.78 is 80.0. The molecule has 3 saturated heterocycles. The van der Waals surface area contributed by atoms with Gasteiger partial charge in [-0.15, -0.1) is 0 Å².